The number of rotatable bonds is 3. The van der Waals surface area contributed by atoms with Gasteiger partial charge in [0.05, 0.1) is 6.04 Å². The summed E-state index contributed by atoms with van der Waals surface area (Å²) < 4.78 is 14.3. The van der Waals surface area contributed by atoms with Crippen LogP contribution in [0.3, 0.4) is 0 Å². The fourth-order valence-corrected chi connectivity index (χ4v) is 7.01. The highest BCUT2D eigenvalue weighted by Gasteiger charge is 2.71. The molecule has 1 saturated heterocycles. The topological polar surface area (TPSA) is 54.5 Å². The Morgan fingerprint density at radius 2 is 1.52 bits per heavy atom. The fourth-order valence-electron chi connectivity index (χ4n) is 6.88. The van der Waals surface area contributed by atoms with Gasteiger partial charge in [0.25, 0.3) is 0 Å². The summed E-state index contributed by atoms with van der Waals surface area (Å²) in [5.74, 6) is -2.06. The van der Waals surface area contributed by atoms with Crippen LogP contribution in [0.5, 0.6) is 0 Å². The van der Waals surface area contributed by atoms with Gasteiger partial charge in [-0.1, -0.05) is 77.8 Å². The number of hydrogen-bond donors (Lipinski definition) is 0. The molecule has 6 heteroatoms. The van der Waals surface area contributed by atoms with Crippen molar-refractivity contribution in [2.75, 3.05) is 4.90 Å². The van der Waals surface area contributed by atoms with E-state index in [0.29, 0.717) is 33.0 Å². The molecule has 1 fully saturated rings. The highest BCUT2D eigenvalue weighted by Crippen LogP contribution is 2.61. The van der Waals surface area contributed by atoms with Crippen molar-refractivity contribution < 1.29 is 18.8 Å². The zero-order valence-corrected chi connectivity index (χ0v) is 22.2. The first-order chi connectivity index (χ1) is 19.3. The van der Waals surface area contributed by atoms with Crippen LogP contribution in [-0.4, -0.2) is 29.4 Å². The minimum absolute atomic E-state index is 0.244. The van der Waals surface area contributed by atoms with Crippen molar-refractivity contribution in [3.63, 3.8) is 0 Å². The van der Waals surface area contributed by atoms with E-state index in [4.69, 9.17) is 11.6 Å². The molecule has 0 bridgehead atoms. The molecular weight excluding hydrogens is 525 g/mol. The number of nitrogens with zero attached hydrogens (tertiary/aromatic N) is 1. The number of carbonyl (C=O) groups excluding carboxylic acids is 3. The largest absolute Gasteiger partial charge is 0.352 e. The van der Waals surface area contributed by atoms with Crippen molar-refractivity contribution in [2.24, 2.45) is 5.41 Å². The standard InChI is InChI=1S/C34H23ClFNO3/c1-19-6-8-20(9-7-19)29-30(31(38)21-10-13-23(35)14-11-21)37-27-16-15-24(36)18-22(27)12-17-28(37)34(29)32(39)25-4-2-3-5-26(25)33(34)40/h2-18,28-30H,1H3/t28-,29+,30-/m0/s1. The van der Waals surface area contributed by atoms with Crippen molar-refractivity contribution in [2.45, 2.75) is 24.9 Å². The lowest BCUT2D eigenvalue weighted by Crippen LogP contribution is -2.48. The molecule has 4 aromatic carbocycles. The van der Waals surface area contributed by atoms with E-state index in [1.807, 2.05) is 36.1 Å². The summed E-state index contributed by atoms with van der Waals surface area (Å²) in [5.41, 5.74) is 2.47. The number of benzene rings is 4. The lowest BCUT2D eigenvalue weighted by atomic mass is 9.64. The molecule has 3 aliphatic rings. The van der Waals surface area contributed by atoms with E-state index in [-0.39, 0.29) is 17.3 Å². The molecule has 2 heterocycles. The summed E-state index contributed by atoms with van der Waals surface area (Å²) in [6.45, 7) is 1.96. The minimum Gasteiger partial charge on any atom is -0.352 e. The van der Waals surface area contributed by atoms with Gasteiger partial charge >= 0.3 is 0 Å². The van der Waals surface area contributed by atoms with Gasteiger partial charge in [0, 0.05) is 38.9 Å². The molecule has 196 valence electrons. The first-order valence-electron chi connectivity index (χ1n) is 13.1. The van der Waals surface area contributed by atoms with Crippen LogP contribution >= 0.6 is 11.6 Å². The average Bonchev–Trinajstić information content (AvgIpc) is 3.39. The summed E-state index contributed by atoms with van der Waals surface area (Å²) in [6.07, 6.45) is 3.55. The Hall–Kier alpha value is -4.35. The van der Waals surface area contributed by atoms with Gasteiger partial charge < -0.3 is 4.90 Å². The van der Waals surface area contributed by atoms with Crippen LogP contribution in [-0.2, 0) is 0 Å². The van der Waals surface area contributed by atoms with Crippen LogP contribution in [0.4, 0.5) is 10.1 Å². The summed E-state index contributed by atoms with van der Waals surface area (Å²) in [7, 11) is 0. The lowest BCUT2D eigenvalue weighted by molar-refractivity contribution is 0.0666. The van der Waals surface area contributed by atoms with Crippen LogP contribution in [0.2, 0.25) is 5.02 Å². The molecule has 0 unspecified atom stereocenters. The van der Waals surface area contributed by atoms with Crippen molar-refractivity contribution in [1.29, 1.82) is 0 Å². The second kappa shape index (κ2) is 8.83. The van der Waals surface area contributed by atoms with Crippen LogP contribution in [0.15, 0.2) is 97.1 Å². The molecule has 3 atom stereocenters. The molecule has 0 saturated carbocycles. The number of aryl methyl sites for hydroxylation is 1. The third-order valence-corrected chi connectivity index (χ3v) is 8.85. The molecule has 0 N–H and O–H groups in total. The molecule has 40 heavy (non-hydrogen) atoms. The molecule has 0 radical (unpaired) electrons. The normalized spacial score (nSPS) is 21.9. The van der Waals surface area contributed by atoms with Crippen LogP contribution in [0.25, 0.3) is 6.08 Å². The molecule has 1 spiro atoms. The van der Waals surface area contributed by atoms with Crippen LogP contribution in [0, 0.1) is 18.2 Å². The predicted molar refractivity (Wildman–Crippen MR) is 153 cm³/mol. The van der Waals surface area contributed by atoms with Gasteiger partial charge in [0.2, 0.25) is 0 Å². The minimum atomic E-state index is -1.59. The highest BCUT2D eigenvalue weighted by atomic mass is 35.5. The smallest absolute Gasteiger partial charge is 0.185 e. The third-order valence-electron chi connectivity index (χ3n) is 8.60. The fraction of sp³-hybridized carbons (Fsp3) is 0.147. The number of carbonyl (C=O) groups is 3. The van der Waals surface area contributed by atoms with Crippen LogP contribution in [0.1, 0.15) is 53.7 Å². The average molecular weight is 548 g/mol. The van der Waals surface area contributed by atoms with Crippen molar-refractivity contribution in [3.8, 4) is 0 Å². The van der Waals surface area contributed by atoms with E-state index in [1.165, 1.54) is 12.1 Å². The first kappa shape index (κ1) is 24.7. The van der Waals surface area contributed by atoms with Gasteiger partial charge in [0.1, 0.15) is 17.3 Å². The number of anilines is 1. The molecule has 4 aromatic rings. The maximum absolute atomic E-state index is 14.6. The maximum atomic E-state index is 14.6. The number of fused-ring (bicyclic) bond motifs is 5. The zero-order valence-electron chi connectivity index (χ0n) is 21.5. The Bertz CT molecular complexity index is 1720. The Kier molecular flexibility index (Phi) is 5.45. The Morgan fingerprint density at radius 1 is 0.875 bits per heavy atom. The van der Waals surface area contributed by atoms with Gasteiger partial charge in [-0.05, 0) is 55.0 Å². The quantitative estimate of drug-likeness (QED) is 0.203. The Labute approximate surface area is 235 Å². The number of Topliss-reactive ketones (excluding diaryl/α,β-unsaturated/α-hetero) is 3. The molecule has 1 aliphatic carbocycles. The summed E-state index contributed by atoms with van der Waals surface area (Å²) in [5, 5.41) is 0.491. The predicted octanol–water partition coefficient (Wildman–Crippen LogP) is 7.10. The van der Waals surface area contributed by atoms with Crippen molar-refractivity contribution in [1.82, 2.24) is 0 Å². The van der Waals surface area contributed by atoms with Crippen LogP contribution < -0.4 is 4.90 Å². The van der Waals surface area contributed by atoms with E-state index >= 15 is 0 Å². The molecule has 0 aromatic heterocycles. The second-order valence-corrected chi connectivity index (χ2v) is 11.1. The molecular formula is C34H23ClFNO3. The van der Waals surface area contributed by atoms with Crippen molar-refractivity contribution in [3.05, 3.63) is 141 Å². The summed E-state index contributed by atoms with van der Waals surface area (Å²) in [6, 6.07) is 23.9. The van der Waals surface area contributed by atoms with Gasteiger partial charge in [-0.25, -0.2) is 4.39 Å². The Morgan fingerprint density at radius 3 is 2.17 bits per heavy atom. The second-order valence-electron chi connectivity index (χ2n) is 10.7. The van der Waals surface area contributed by atoms with Crippen molar-refractivity contribution >= 4 is 40.7 Å². The summed E-state index contributed by atoms with van der Waals surface area (Å²) in [4.78, 5) is 45.6. The van der Waals surface area contributed by atoms with E-state index < -0.39 is 29.2 Å². The van der Waals surface area contributed by atoms with Gasteiger partial charge in [-0.3, -0.25) is 14.4 Å². The van der Waals surface area contributed by atoms with Gasteiger partial charge in [-0.2, -0.15) is 0 Å². The third kappa shape index (κ3) is 3.28. The molecule has 2 aliphatic heterocycles. The van der Waals surface area contributed by atoms with E-state index in [9.17, 15) is 18.8 Å². The maximum Gasteiger partial charge on any atom is 0.185 e. The zero-order chi connectivity index (χ0) is 27.8. The SMILES string of the molecule is Cc1ccc([C@@H]2[C@@H](C(=O)c3ccc(Cl)cc3)N3c4ccc(F)cc4C=C[C@H]3C23C(=O)c2ccccc2C3=O)cc1. The van der Waals surface area contributed by atoms with E-state index in [2.05, 4.69) is 0 Å². The van der Waals surface area contributed by atoms with Gasteiger partial charge in [0.15, 0.2) is 17.3 Å². The van der Waals surface area contributed by atoms with E-state index in [0.717, 1.165) is 11.1 Å². The van der Waals surface area contributed by atoms with E-state index in [1.54, 1.807) is 66.7 Å². The van der Waals surface area contributed by atoms with Gasteiger partial charge in [-0.15, -0.1) is 0 Å². The number of hydrogen-bond acceptors (Lipinski definition) is 4. The number of halogens is 2. The monoisotopic (exact) mass is 547 g/mol. The lowest BCUT2D eigenvalue weighted by Gasteiger charge is -2.37. The Balaban J connectivity index is 1.54. The molecule has 7 rings (SSSR count). The molecule has 4 nitrogen and oxygen atoms in total. The highest BCUT2D eigenvalue weighted by molar-refractivity contribution is 6.32. The number of ketones is 3. The first-order valence-corrected chi connectivity index (χ1v) is 13.5. The molecule has 0 amide bonds. The summed E-state index contributed by atoms with van der Waals surface area (Å²) >= 11 is 6.14.